The number of ether oxygens (including phenoxy) is 1. The van der Waals surface area contributed by atoms with Crippen LogP contribution >= 0.6 is 22.6 Å². The number of anilines is 1. The lowest BCUT2D eigenvalue weighted by atomic mass is 10.1. The highest BCUT2D eigenvalue weighted by Crippen LogP contribution is 2.32. The van der Waals surface area contributed by atoms with Crippen molar-refractivity contribution in [3.63, 3.8) is 0 Å². The van der Waals surface area contributed by atoms with Gasteiger partial charge in [0.15, 0.2) is 5.58 Å². The number of halogens is 1. The Morgan fingerprint density at radius 2 is 1.85 bits per heavy atom. The lowest BCUT2D eigenvalue weighted by Gasteiger charge is -2.12. The first kappa shape index (κ1) is 17.5. The van der Waals surface area contributed by atoms with Gasteiger partial charge < -0.3 is 14.5 Å². The molecule has 0 atom stereocenters. The summed E-state index contributed by atoms with van der Waals surface area (Å²) in [5.41, 5.74) is 3.42. The zero-order valence-electron chi connectivity index (χ0n) is 14.4. The Balaban J connectivity index is 1.70. The Morgan fingerprint density at radius 1 is 1.07 bits per heavy atom. The van der Waals surface area contributed by atoms with Crippen molar-refractivity contribution >= 4 is 45.3 Å². The molecule has 0 spiro atoms. The Morgan fingerprint density at radius 3 is 2.63 bits per heavy atom. The van der Waals surface area contributed by atoms with Gasteiger partial charge in [-0.15, -0.1) is 0 Å². The minimum Gasteiger partial charge on any atom is -0.495 e. The zero-order chi connectivity index (χ0) is 18.8. The first-order valence-corrected chi connectivity index (χ1v) is 9.33. The molecular formula is C21H15IN2O3. The average molecular weight is 470 g/mol. The van der Waals surface area contributed by atoms with Crippen LogP contribution in [0, 0.1) is 3.57 Å². The molecular weight excluding hydrogens is 455 g/mol. The van der Waals surface area contributed by atoms with Gasteiger partial charge in [0.2, 0.25) is 5.89 Å². The number of rotatable bonds is 4. The molecule has 0 aliphatic heterocycles. The number of carbonyl (C=O) groups excluding carboxylic acids is 1. The molecule has 4 rings (SSSR count). The van der Waals surface area contributed by atoms with E-state index >= 15 is 0 Å². The standard InChI is InChI=1S/C21H15IN2O3/c1-26-18-11-10-13(21-24-16-8-4-5-9-19(16)27-21)12-17(18)23-20(25)14-6-2-3-7-15(14)22/h2-12H,1H3,(H,23,25). The fourth-order valence-corrected chi connectivity index (χ4v) is 3.40. The molecule has 6 heteroatoms. The maximum Gasteiger partial charge on any atom is 0.256 e. The fraction of sp³-hybridized carbons (Fsp3) is 0.0476. The molecule has 0 radical (unpaired) electrons. The first-order chi connectivity index (χ1) is 13.2. The first-order valence-electron chi connectivity index (χ1n) is 8.25. The third-order valence-electron chi connectivity index (χ3n) is 4.11. The number of oxazole rings is 1. The normalized spacial score (nSPS) is 10.7. The fourth-order valence-electron chi connectivity index (χ4n) is 2.77. The molecule has 4 aromatic rings. The van der Waals surface area contributed by atoms with Gasteiger partial charge in [-0.25, -0.2) is 4.98 Å². The summed E-state index contributed by atoms with van der Waals surface area (Å²) in [7, 11) is 1.57. The summed E-state index contributed by atoms with van der Waals surface area (Å²) in [4.78, 5) is 17.2. The smallest absolute Gasteiger partial charge is 0.256 e. The Bertz CT molecular complexity index is 1100. The number of carbonyl (C=O) groups is 1. The summed E-state index contributed by atoms with van der Waals surface area (Å²) in [6, 6.07) is 20.4. The van der Waals surface area contributed by atoms with E-state index in [-0.39, 0.29) is 5.91 Å². The SMILES string of the molecule is COc1ccc(-c2nc3ccccc3o2)cc1NC(=O)c1ccccc1I. The summed E-state index contributed by atoms with van der Waals surface area (Å²) in [5.74, 6) is 0.853. The summed E-state index contributed by atoms with van der Waals surface area (Å²) in [5, 5.41) is 2.92. The highest BCUT2D eigenvalue weighted by atomic mass is 127. The van der Waals surface area contributed by atoms with Gasteiger partial charge in [-0.05, 0) is 65.1 Å². The van der Waals surface area contributed by atoms with Gasteiger partial charge in [-0.1, -0.05) is 24.3 Å². The number of nitrogens with zero attached hydrogens (tertiary/aromatic N) is 1. The largest absolute Gasteiger partial charge is 0.495 e. The van der Waals surface area contributed by atoms with Crippen LogP contribution in [0.2, 0.25) is 0 Å². The second-order valence-electron chi connectivity index (χ2n) is 5.84. The van der Waals surface area contributed by atoms with Gasteiger partial charge >= 0.3 is 0 Å². The number of amides is 1. The summed E-state index contributed by atoms with van der Waals surface area (Å²) >= 11 is 2.14. The predicted octanol–water partition coefficient (Wildman–Crippen LogP) is 5.36. The second-order valence-corrected chi connectivity index (χ2v) is 7.00. The molecule has 3 aromatic carbocycles. The molecule has 5 nitrogen and oxygen atoms in total. The van der Waals surface area contributed by atoms with Gasteiger partial charge in [0.05, 0.1) is 18.4 Å². The van der Waals surface area contributed by atoms with Crippen molar-refractivity contribution in [3.05, 3.63) is 75.9 Å². The van der Waals surface area contributed by atoms with Crippen LogP contribution < -0.4 is 10.1 Å². The molecule has 134 valence electrons. The van der Waals surface area contributed by atoms with E-state index in [9.17, 15) is 4.79 Å². The molecule has 1 N–H and O–H groups in total. The number of hydrogen-bond donors (Lipinski definition) is 1. The van der Waals surface area contributed by atoms with Crippen LogP contribution in [-0.2, 0) is 0 Å². The van der Waals surface area contributed by atoms with Crippen molar-refractivity contribution in [2.24, 2.45) is 0 Å². The number of para-hydroxylation sites is 2. The third-order valence-corrected chi connectivity index (χ3v) is 5.05. The van der Waals surface area contributed by atoms with Gasteiger partial charge in [-0.3, -0.25) is 4.79 Å². The van der Waals surface area contributed by atoms with Crippen molar-refractivity contribution in [3.8, 4) is 17.2 Å². The van der Waals surface area contributed by atoms with Crippen molar-refractivity contribution in [1.29, 1.82) is 0 Å². The minimum absolute atomic E-state index is 0.201. The van der Waals surface area contributed by atoms with Crippen LogP contribution in [0.3, 0.4) is 0 Å². The average Bonchev–Trinajstić information content (AvgIpc) is 3.12. The molecule has 0 unspecified atom stereocenters. The van der Waals surface area contributed by atoms with Crippen molar-refractivity contribution < 1.29 is 13.9 Å². The molecule has 1 amide bonds. The van der Waals surface area contributed by atoms with Crippen LogP contribution in [0.15, 0.2) is 71.1 Å². The molecule has 0 aliphatic carbocycles. The van der Waals surface area contributed by atoms with Gasteiger partial charge in [-0.2, -0.15) is 0 Å². The Labute approximate surface area is 169 Å². The second kappa shape index (κ2) is 7.40. The number of hydrogen-bond acceptors (Lipinski definition) is 4. The topological polar surface area (TPSA) is 64.4 Å². The summed E-state index contributed by atoms with van der Waals surface area (Å²) in [6.45, 7) is 0. The van der Waals surface area contributed by atoms with E-state index in [1.165, 1.54) is 0 Å². The molecule has 27 heavy (non-hydrogen) atoms. The number of aromatic nitrogens is 1. The van der Waals surface area contributed by atoms with E-state index in [2.05, 4.69) is 32.9 Å². The number of methoxy groups -OCH3 is 1. The van der Waals surface area contributed by atoms with E-state index in [0.717, 1.165) is 14.7 Å². The van der Waals surface area contributed by atoms with Gasteiger partial charge in [0.1, 0.15) is 11.3 Å². The van der Waals surface area contributed by atoms with Crippen LogP contribution in [0.5, 0.6) is 5.75 Å². The quantitative estimate of drug-likeness (QED) is 0.408. The molecule has 0 aliphatic rings. The third kappa shape index (κ3) is 3.52. The van der Waals surface area contributed by atoms with Crippen molar-refractivity contribution in [1.82, 2.24) is 4.98 Å². The molecule has 0 fully saturated rings. The minimum atomic E-state index is -0.201. The number of benzene rings is 3. The van der Waals surface area contributed by atoms with Gasteiger partial charge in [0, 0.05) is 9.13 Å². The van der Waals surface area contributed by atoms with E-state index in [1.54, 1.807) is 25.3 Å². The number of fused-ring (bicyclic) bond motifs is 1. The Hall–Kier alpha value is -2.87. The highest BCUT2D eigenvalue weighted by Gasteiger charge is 2.15. The zero-order valence-corrected chi connectivity index (χ0v) is 16.6. The maximum absolute atomic E-state index is 12.7. The molecule has 0 saturated heterocycles. The molecule has 0 saturated carbocycles. The van der Waals surface area contributed by atoms with E-state index in [1.807, 2.05) is 48.5 Å². The number of nitrogens with one attached hydrogen (secondary N) is 1. The molecule has 0 bridgehead atoms. The highest BCUT2D eigenvalue weighted by molar-refractivity contribution is 14.1. The summed E-state index contributed by atoms with van der Waals surface area (Å²) < 4.78 is 12.1. The summed E-state index contributed by atoms with van der Waals surface area (Å²) in [6.07, 6.45) is 0. The van der Waals surface area contributed by atoms with Crippen molar-refractivity contribution in [2.45, 2.75) is 0 Å². The van der Waals surface area contributed by atoms with Crippen LogP contribution in [-0.4, -0.2) is 18.0 Å². The maximum atomic E-state index is 12.7. The lowest BCUT2D eigenvalue weighted by Crippen LogP contribution is -2.14. The molecule has 1 aromatic heterocycles. The predicted molar refractivity (Wildman–Crippen MR) is 113 cm³/mol. The van der Waals surface area contributed by atoms with E-state index < -0.39 is 0 Å². The van der Waals surface area contributed by atoms with Gasteiger partial charge in [0.25, 0.3) is 5.91 Å². The van der Waals surface area contributed by atoms with Crippen LogP contribution in [0.4, 0.5) is 5.69 Å². The monoisotopic (exact) mass is 470 g/mol. The van der Waals surface area contributed by atoms with Crippen molar-refractivity contribution in [2.75, 3.05) is 12.4 Å². The van der Waals surface area contributed by atoms with E-state index in [0.29, 0.717) is 28.5 Å². The van der Waals surface area contributed by atoms with Crippen LogP contribution in [0.1, 0.15) is 10.4 Å². The Kier molecular flexibility index (Phi) is 4.81. The lowest BCUT2D eigenvalue weighted by molar-refractivity contribution is 0.102. The van der Waals surface area contributed by atoms with E-state index in [4.69, 9.17) is 9.15 Å². The molecule has 1 heterocycles. The van der Waals surface area contributed by atoms with Crippen LogP contribution in [0.25, 0.3) is 22.6 Å².